The third-order valence-electron chi connectivity index (χ3n) is 5.85. The molecule has 2 aliphatic rings. The maximum absolute atomic E-state index is 12.9. The van der Waals surface area contributed by atoms with Gasteiger partial charge in [-0.2, -0.15) is 5.26 Å². The number of furan rings is 1. The number of nitriles is 1. The molecule has 0 atom stereocenters. The Morgan fingerprint density at radius 1 is 1.06 bits per heavy atom. The van der Waals surface area contributed by atoms with Crippen LogP contribution in [0, 0.1) is 11.3 Å². The molecule has 0 aliphatic carbocycles. The summed E-state index contributed by atoms with van der Waals surface area (Å²) in [6.45, 7) is 0.761. The Morgan fingerprint density at radius 2 is 1.82 bits per heavy atom. The van der Waals surface area contributed by atoms with Gasteiger partial charge < -0.3 is 9.32 Å². The van der Waals surface area contributed by atoms with Crippen molar-refractivity contribution in [3.05, 3.63) is 88.0 Å². The normalized spacial score (nSPS) is 16.6. The molecular weight excluding hydrogens is 450 g/mol. The van der Waals surface area contributed by atoms with Crippen molar-refractivity contribution in [3.8, 4) is 17.4 Å². The lowest BCUT2D eigenvalue weighted by molar-refractivity contribution is -0.136. The molecule has 5 rings (SSSR count). The van der Waals surface area contributed by atoms with Crippen LogP contribution in [-0.4, -0.2) is 39.9 Å². The highest BCUT2D eigenvalue weighted by Gasteiger charge is 2.37. The highest BCUT2D eigenvalue weighted by molar-refractivity contribution is 8.18. The van der Waals surface area contributed by atoms with Gasteiger partial charge in [0.25, 0.3) is 11.1 Å². The molecule has 3 aromatic rings. The smallest absolute Gasteiger partial charge is 0.294 e. The minimum atomic E-state index is -0.503. The number of benzene rings is 2. The van der Waals surface area contributed by atoms with Crippen molar-refractivity contribution < 1.29 is 18.8 Å². The second-order valence-electron chi connectivity index (χ2n) is 7.99. The van der Waals surface area contributed by atoms with Gasteiger partial charge in [-0.15, -0.1) is 0 Å². The Kier molecular flexibility index (Phi) is 5.78. The van der Waals surface area contributed by atoms with Crippen LogP contribution >= 0.6 is 11.8 Å². The molecule has 0 spiro atoms. The van der Waals surface area contributed by atoms with Crippen LogP contribution in [0.3, 0.4) is 0 Å². The number of hydrogen-bond acceptors (Lipinski definition) is 6. The second-order valence-corrected chi connectivity index (χ2v) is 8.99. The summed E-state index contributed by atoms with van der Waals surface area (Å²) in [6, 6.07) is 20.4. The number of nitrogens with zero attached hydrogens (tertiary/aromatic N) is 3. The van der Waals surface area contributed by atoms with Crippen molar-refractivity contribution in [1.29, 1.82) is 5.26 Å². The predicted octanol–water partition coefficient (Wildman–Crippen LogP) is 4.44. The van der Waals surface area contributed by atoms with Gasteiger partial charge in [0, 0.05) is 24.7 Å². The largest absolute Gasteiger partial charge is 0.457 e. The summed E-state index contributed by atoms with van der Waals surface area (Å²) in [4.78, 5) is 41.1. The van der Waals surface area contributed by atoms with E-state index in [9.17, 15) is 14.4 Å². The van der Waals surface area contributed by atoms with Gasteiger partial charge in [-0.3, -0.25) is 19.3 Å². The predicted molar refractivity (Wildman–Crippen MR) is 127 cm³/mol. The third kappa shape index (κ3) is 4.26. The summed E-state index contributed by atoms with van der Waals surface area (Å²) < 4.78 is 5.80. The molecule has 0 radical (unpaired) electrons. The van der Waals surface area contributed by atoms with Crippen LogP contribution in [0.5, 0.6) is 0 Å². The van der Waals surface area contributed by atoms with E-state index in [4.69, 9.17) is 9.68 Å². The highest BCUT2D eigenvalue weighted by atomic mass is 32.2. The van der Waals surface area contributed by atoms with Gasteiger partial charge >= 0.3 is 0 Å². The Bertz CT molecular complexity index is 1370. The van der Waals surface area contributed by atoms with Crippen LogP contribution in [0.15, 0.2) is 70.0 Å². The quantitative estimate of drug-likeness (QED) is 0.525. The van der Waals surface area contributed by atoms with Crippen molar-refractivity contribution >= 4 is 34.9 Å². The van der Waals surface area contributed by atoms with E-state index in [-0.39, 0.29) is 17.4 Å². The summed E-state index contributed by atoms with van der Waals surface area (Å²) in [5.41, 5.74) is 3.65. The first-order valence-corrected chi connectivity index (χ1v) is 11.5. The molecule has 1 aromatic heterocycles. The van der Waals surface area contributed by atoms with E-state index in [0.717, 1.165) is 34.2 Å². The van der Waals surface area contributed by atoms with Gasteiger partial charge in [-0.1, -0.05) is 24.3 Å². The molecule has 34 heavy (non-hydrogen) atoms. The Morgan fingerprint density at radius 3 is 2.59 bits per heavy atom. The molecular formula is C26H19N3O4S. The van der Waals surface area contributed by atoms with Crippen molar-refractivity contribution in [1.82, 2.24) is 9.80 Å². The number of imide groups is 1. The standard InChI is InChI=1S/C26H19N3O4S/c27-14-17-5-7-19(8-6-17)22-10-9-21(33-22)13-23-25(31)29(26(32)34-23)16-24(30)28-12-11-18-3-1-2-4-20(18)15-28/h1-10,13H,11-12,15-16H2/b23-13-. The maximum Gasteiger partial charge on any atom is 0.294 e. The van der Waals surface area contributed by atoms with Crippen molar-refractivity contribution in [2.75, 3.05) is 13.1 Å². The number of thioether (sulfide) groups is 1. The van der Waals surface area contributed by atoms with E-state index in [2.05, 4.69) is 12.1 Å². The summed E-state index contributed by atoms with van der Waals surface area (Å²) in [6.07, 6.45) is 2.27. The van der Waals surface area contributed by atoms with Crippen LogP contribution in [0.25, 0.3) is 17.4 Å². The Labute approximate surface area is 200 Å². The topological polar surface area (TPSA) is 94.6 Å². The minimum absolute atomic E-state index is 0.211. The number of hydrogen-bond donors (Lipinski definition) is 0. The fraction of sp³-hybridized carbons (Fsp3) is 0.154. The zero-order chi connectivity index (χ0) is 23.7. The molecule has 3 heterocycles. The average Bonchev–Trinajstić information content (AvgIpc) is 3.44. The lowest BCUT2D eigenvalue weighted by atomic mass is 10.00. The van der Waals surface area contributed by atoms with Crippen molar-refractivity contribution in [3.63, 3.8) is 0 Å². The summed E-state index contributed by atoms with van der Waals surface area (Å²) in [7, 11) is 0. The van der Waals surface area contributed by atoms with Gasteiger partial charge in [0.2, 0.25) is 5.91 Å². The molecule has 2 aliphatic heterocycles. The second kappa shape index (κ2) is 9.04. The first-order valence-electron chi connectivity index (χ1n) is 10.7. The fourth-order valence-corrected chi connectivity index (χ4v) is 4.82. The maximum atomic E-state index is 12.9. The van der Waals surface area contributed by atoms with Crippen molar-refractivity contribution in [2.45, 2.75) is 13.0 Å². The third-order valence-corrected chi connectivity index (χ3v) is 6.76. The van der Waals surface area contributed by atoms with E-state index in [0.29, 0.717) is 30.2 Å². The van der Waals surface area contributed by atoms with E-state index in [1.54, 1.807) is 41.3 Å². The Balaban J connectivity index is 1.27. The summed E-state index contributed by atoms with van der Waals surface area (Å²) in [5.74, 6) is 0.246. The molecule has 3 amide bonds. The van der Waals surface area contributed by atoms with Crippen LogP contribution in [0.1, 0.15) is 22.5 Å². The van der Waals surface area contributed by atoms with Gasteiger partial charge in [0.05, 0.1) is 16.5 Å². The molecule has 2 aromatic carbocycles. The molecule has 1 fully saturated rings. The molecule has 0 bridgehead atoms. The zero-order valence-corrected chi connectivity index (χ0v) is 18.9. The number of rotatable bonds is 4. The zero-order valence-electron chi connectivity index (χ0n) is 18.1. The molecule has 168 valence electrons. The van der Waals surface area contributed by atoms with E-state index in [1.165, 1.54) is 11.6 Å². The van der Waals surface area contributed by atoms with Gasteiger partial charge in [-0.25, -0.2) is 0 Å². The van der Waals surface area contributed by atoms with Crippen LogP contribution in [-0.2, 0) is 22.6 Å². The average molecular weight is 470 g/mol. The van der Waals surface area contributed by atoms with Crippen LogP contribution in [0.2, 0.25) is 0 Å². The number of carbonyl (C=O) groups excluding carboxylic acids is 3. The fourth-order valence-electron chi connectivity index (χ4n) is 4.00. The number of fused-ring (bicyclic) bond motifs is 1. The van der Waals surface area contributed by atoms with Gasteiger partial charge in [-0.05, 0) is 65.7 Å². The first-order chi connectivity index (χ1) is 16.5. The minimum Gasteiger partial charge on any atom is -0.457 e. The number of amides is 3. The van der Waals surface area contributed by atoms with Gasteiger partial charge in [0.15, 0.2) is 0 Å². The summed E-state index contributed by atoms with van der Waals surface area (Å²) >= 11 is 0.796. The molecule has 7 nitrogen and oxygen atoms in total. The van der Waals surface area contributed by atoms with Crippen molar-refractivity contribution in [2.24, 2.45) is 0 Å². The molecule has 0 N–H and O–H groups in total. The number of carbonyl (C=O) groups is 3. The lowest BCUT2D eigenvalue weighted by Crippen LogP contribution is -2.44. The molecule has 0 saturated carbocycles. The SMILES string of the molecule is N#Cc1ccc(-c2ccc(/C=C3\SC(=O)N(CC(=O)N4CCc5ccccc5C4)C3=O)o2)cc1. The van der Waals surface area contributed by atoms with E-state index >= 15 is 0 Å². The summed E-state index contributed by atoms with van der Waals surface area (Å²) in [5, 5.41) is 8.46. The molecule has 0 unspecified atom stereocenters. The van der Waals surface area contributed by atoms with Crippen LogP contribution < -0.4 is 0 Å². The molecule has 8 heteroatoms. The first kappa shape index (κ1) is 21.7. The van der Waals surface area contributed by atoms with E-state index in [1.807, 2.05) is 18.2 Å². The van der Waals surface area contributed by atoms with Gasteiger partial charge in [0.1, 0.15) is 18.1 Å². The van der Waals surface area contributed by atoms with Crippen LogP contribution in [0.4, 0.5) is 4.79 Å². The molecule has 1 saturated heterocycles. The lowest BCUT2D eigenvalue weighted by Gasteiger charge is -2.29. The van der Waals surface area contributed by atoms with E-state index < -0.39 is 11.1 Å². The Hall–Kier alpha value is -4.09. The monoisotopic (exact) mass is 469 g/mol. The highest BCUT2D eigenvalue weighted by Crippen LogP contribution is 2.33.